The zero-order chi connectivity index (χ0) is 34.3. The fraction of sp³-hybridized carbons (Fsp3) is 0.486. The summed E-state index contributed by atoms with van der Waals surface area (Å²) < 4.78 is 28.9. The molecular weight excluding hydrogens is 625 g/mol. The molecule has 1 aliphatic heterocycles. The summed E-state index contributed by atoms with van der Waals surface area (Å²) in [6.45, 7) is 4.63. The summed E-state index contributed by atoms with van der Waals surface area (Å²) in [6.07, 6.45) is 6.91. The highest BCUT2D eigenvalue weighted by Crippen LogP contribution is 2.29. The summed E-state index contributed by atoms with van der Waals surface area (Å²) in [4.78, 5) is 35.7. The first-order valence-electron chi connectivity index (χ1n) is 17.1. The van der Waals surface area contributed by atoms with Gasteiger partial charge < -0.3 is 20.9 Å². The van der Waals surface area contributed by atoms with Crippen molar-refractivity contribution in [1.29, 1.82) is 0 Å². The van der Waals surface area contributed by atoms with Gasteiger partial charge in [-0.25, -0.2) is 8.42 Å². The van der Waals surface area contributed by atoms with Crippen LogP contribution in [0, 0.1) is 11.8 Å². The summed E-state index contributed by atoms with van der Waals surface area (Å²) in [5.74, 6) is 1.08. The SMILES string of the molecule is C[C@@H](NS(=O)(=O)c1ccc2ccccc2c1)C(=O)N[C@H](Cc1ccc(C(N)=NCC2CCC(CN(C)C)CC2)cc1)C(=O)N1CCCC1. The van der Waals surface area contributed by atoms with Gasteiger partial charge in [0.15, 0.2) is 0 Å². The molecule has 2 amide bonds. The molecule has 5 rings (SSSR count). The molecule has 2 fully saturated rings. The van der Waals surface area contributed by atoms with Crippen molar-refractivity contribution in [1.82, 2.24) is 19.8 Å². The quantitative estimate of drug-likeness (QED) is 0.186. The number of benzene rings is 3. The van der Waals surface area contributed by atoms with Crippen LogP contribution in [-0.2, 0) is 26.0 Å². The minimum atomic E-state index is -3.99. The van der Waals surface area contributed by atoms with Gasteiger partial charge in [-0.1, -0.05) is 54.6 Å². The van der Waals surface area contributed by atoms with Crippen molar-refractivity contribution in [3.8, 4) is 0 Å². The van der Waals surface area contributed by atoms with Gasteiger partial charge in [0.2, 0.25) is 21.8 Å². The van der Waals surface area contributed by atoms with Crippen molar-refractivity contribution in [3.63, 3.8) is 0 Å². The largest absolute Gasteiger partial charge is 0.384 e. The highest BCUT2D eigenvalue weighted by molar-refractivity contribution is 7.89. The predicted molar refractivity (Wildman–Crippen MR) is 191 cm³/mol. The third kappa shape index (κ3) is 9.42. The van der Waals surface area contributed by atoms with E-state index < -0.39 is 28.0 Å². The second-order valence-electron chi connectivity index (χ2n) is 13.7. The maximum absolute atomic E-state index is 13.6. The molecule has 2 atom stereocenters. The second kappa shape index (κ2) is 16.1. The van der Waals surface area contributed by atoms with Gasteiger partial charge in [0.25, 0.3) is 0 Å². The summed E-state index contributed by atoms with van der Waals surface area (Å²) in [7, 11) is 0.272. The van der Waals surface area contributed by atoms with E-state index in [2.05, 4.69) is 29.0 Å². The third-order valence-electron chi connectivity index (χ3n) is 9.59. The lowest BCUT2D eigenvalue weighted by atomic mass is 9.82. The van der Waals surface area contributed by atoms with Crippen molar-refractivity contribution >= 4 is 38.4 Å². The first-order chi connectivity index (χ1) is 23.0. The topological polar surface area (TPSA) is 137 Å². The lowest BCUT2D eigenvalue weighted by Gasteiger charge is -2.29. The van der Waals surface area contributed by atoms with E-state index in [0.29, 0.717) is 24.8 Å². The third-order valence-corrected chi connectivity index (χ3v) is 11.1. The van der Waals surface area contributed by atoms with E-state index in [1.54, 1.807) is 17.0 Å². The number of rotatable bonds is 13. The molecule has 11 heteroatoms. The Morgan fingerprint density at radius 1 is 0.938 bits per heavy atom. The molecule has 1 saturated carbocycles. The number of carbonyl (C=O) groups excluding carboxylic acids is 2. The monoisotopic (exact) mass is 674 g/mol. The number of amidine groups is 1. The number of carbonyl (C=O) groups is 2. The van der Waals surface area contributed by atoms with Gasteiger partial charge in [0.05, 0.1) is 10.9 Å². The van der Waals surface area contributed by atoms with Crippen LogP contribution in [0.15, 0.2) is 76.6 Å². The maximum atomic E-state index is 13.6. The molecule has 4 N–H and O–H groups in total. The normalized spacial score (nSPS) is 20.2. The summed E-state index contributed by atoms with van der Waals surface area (Å²) in [5, 5.41) is 4.55. The molecular formula is C37H50N6O4S. The number of sulfonamides is 1. The molecule has 3 aromatic rings. The number of amides is 2. The van der Waals surface area contributed by atoms with Gasteiger partial charge in [0, 0.05) is 38.2 Å². The zero-order valence-corrected chi connectivity index (χ0v) is 29.2. The smallest absolute Gasteiger partial charge is 0.245 e. The first kappa shape index (κ1) is 35.5. The van der Waals surface area contributed by atoms with Crippen molar-refractivity contribution in [3.05, 3.63) is 77.9 Å². The number of nitrogens with two attached hydrogens (primary N) is 1. The fourth-order valence-electron chi connectivity index (χ4n) is 6.82. The number of hydrogen-bond donors (Lipinski definition) is 3. The standard InChI is InChI=1S/C37H50N6O4S/c1-26(41-48(46,47)33-19-18-30-8-4-5-9-32(30)23-33)36(44)40-34(37(45)43-20-6-7-21-43)22-27-14-16-31(17-15-27)35(38)39-24-28-10-12-29(13-11-28)25-42(2)3/h4-5,8-9,14-19,23,26,28-29,34,41H,6-7,10-13,20-22,24-25H2,1-3H3,(H2,38,39)(H,40,44)/t26-,28?,29?,34-/m1/s1. The Kier molecular flexibility index (Phi) is 11.9. The molecule has 0 unspecified atom stereocenters. The number of nitrogens with zero attached hydrogens (tertiary/aromatic N) is 3. The van der Waals surface area contributed by atoms with Crippen LogP contribution in [0.4, 0.5) is 0 Å². The summed E-state index contributed by atoms with van der Waals surface area (Å²) >= 11 is 0. The number of fused-ring (bicyclic) bond motifs is 1. The van der Waals surface area contributed by atoms with E-state index in [-0.39, 0.29) is 17.2 Å². The average molecular weight is 675 g/mol. The highest BCUT2D eigenvalue weighted by Gasteiger charge is 2.31. The minimum Gasteiger partial charge on any atom is -0.384 e. The van der Waals surface area contributed by atoms with Gasteiger partial charge in [0.1, 0.15) is 11.9 Å². The Balaban J connectivity index is 1.21. The molecule has 0 spiro atoms. The zero-order valence-electron chi connectivity index (χ0n) is 28.4. The van der Waals surface area contributed by atoms with Crippen LogP contribution >= 0.6 is 0 Å². The van der Waals surface area contributed by atoms with Crippen LogP contribution in [-0.4, -0.2) is 88.2 Å². The molecule has 0 bridgehead atoms. The number of likely N-dealkylation sites (tertiary alicyclic amines) is 1. The van der Waals surface area contributed by atoms with Crippen molar-refractivity contribution < 1.29 is 18.0 Å². The Bertz CT molecular complexity index is 1690. The van der Waals surface area contributed by atoms with Crippen molar-refractivity contribution in [2.24, 2.45) is 22.6 Å². The van der Waals surface area contributed by atoms with Crippen molar-refractivity contribution in [2.45, 2.75) is 68.8 Å². The summed E-state index contributed by atoms with van der Waals surface area (Å²) in [5.41, 5.74) is 8.05. The van der Waals surface area contributed by atoms with E-state index in [1.165, 1.54) is 38.7 Å². The van der Waals surface area contributed by atoms with E-state index in [9.17, 15) is 18.0 Å². The molecule has 0 aromatic heterocycles. The van der Waals surface area contributed by atoms with Gasteiger partial charge in [-0.2, -0.15) is 4.72 Å². The molecule has 0 radical (unpaired) electrons. The van der Waals surface area contributed by atoms with Crippen LogP contribution < -0.4 is 15.8 Å². The molecule has 258 valence electrons. The molecule has 48 heavy (non-hydrogen) atoms. The number of nitrogens with one attached hydrogen (secondary N) is 2. The fourth-order valence-corrected chi connectivity index (χ4v) is 8.06. The minimum absolute atomic E-state index is 0.0702. The van der Waals surface area contributed by atoms with Gasteiger partial charge >= 0.3 is 0 Å². The van der Waals surface area contributed by atoms with Crippen LogP contribution in [0.25, 0.3) is 10.8 Å². The number of hydrogen-bond acceptors (Lipinski definition) is 6. The van der Waals surface area contributed by atoms with Crippen LogP contribution in [0.2, 0.25) is 0 Å². The van der Waals surface area contributed by atoms with Gasteiger partial charge in [-0.3, -0.25) is 14.6 Å². The second-order valence-corrected chi connectivity index (χ2v) is 15.4. The summed E-state index contributed by atoms with van der Waals surface area (Å²) in [6, 6.07) is 18.0. The Morgan fingerprint density at radius 2 is 1.58 bits per heavy atom. The molecule has 1 saturated heterocycles. The Hall–Kier alpha value is -3.80. The molecule has 1 heterocycles. The maximum Gasteiger partial charge on any atom is 0.245 e. The van der Waals surface area contributed by atoms with Crippen LogP contribution in [0.3, 0.4) is 0 Å². The molecule has 3 aromatic carbocycles. The molecule has 1 aliphatic carbocycles. The average Bonchev–Trinajstić information content (AvgIpc) is 3.62. The Morgan fingerprint density at radius 3 is 2.25 bits per heavy atom. The van der Waals surface area contributed by atoms with Gasteiger partial charge in [-0.15, -0.1) is 0 Å². The van der Waals surface area contributed by atoms with Gasteiger partial charge in [-0.05, 0) is 99.8 Å². The van der Waals surface area contributed by atoms with E-state index in [1.807, 2.05) is 48.5 Å². The lowest BCUT2D eigenvalue weighted by molar-refractivity contribution is -0.135. The van der Waals surface area contributed by atoms with Crippen LogP contribution in [0.1, 0.15) is 56.6 Å². The lowest BCUT2D eigenvalue weighted by Crippen LogP contribution is -2.54. The van der Waals surface area contributed by atoms with E-state index in [4.69, 9.17) is 10.7 Å². The van der Waals surface area contributed by atoms with E-state index >= 15 is 0 Å². The predicted octanol–water partition coefficient (Wildman–Crippen LogP) is 3.93. The highest BCUT2D eigenvalue weighted by atomic mass is 32.2. The van der Waals surface area contributed by atoms with E-state index in [0.717, 1.165) is 53.7 Å². The first-order valence-corrected chi connectivity index (χ1v) is 18.6. The molecule has 10 nitrogen and oxygen atoms in total. The number of aliphatic imine (C=N–C) groups is 1. The van der Waals surface area contributed by atoms with Crippen molar-refractivity contribution in [2.75, 3.05) is 40.3 Å². The Labute approximate surface area is 285 Å². The molecule has 2 aliphatic rings. The van der Waals surface area contributed by atoms with Crippen LogP contribution in [0.5, 0.6) is 0 Å².